The molecule has 3 N–H and O–H groups in total. The van der Waals surface area contributed by atoms with Gasteiger partial charge in [-0.1, -0.05) is 6.92 Å². The quantitative estimate of drug-likeness (QED) is 0.577. The average Bonchev–Trinajstić information content (AvgIpc) is 2.97. The van der Waals surface area contributed by atoms with Gasteiger partial charge in [-0.3, -0.25) is 9.59 Å². The number of nitrogens with zero attached hydrogens (tertiary/aromatic N) is 1. The van der Waals surface area contributed by atoms with Crippen LogP contribution < -0.4 is 10.6 Å². The van der Waals surface area contributed by atoms with Crippen LogP contribution in [0.25, 0.3) is 0 Å². The van der Waals surface area contributed by atoms with Crippen LogP contribution in [-0.4, -0.2) is 54.1 Å². The van der Waals surface area contributed by atoms with Crippen molar-refractivity contribution in [1.82, 2.24) is 15.5 Å². The molecule has 0 aromatic heterocycles. The lowest BCUT2D eigenvalue weighted by Gasteiger charge is -2.15. The second-order valence-corrected chi connectivity index (χ2v) is 5.40. The molecule has 0 aromatic carbocycles. The molecular weight excluding hydrogens is 274 g/mol. The number of carbonyl (C=O) groups is 3. The van der Waals surface area contributed by atoms with Crippen LogP contribution in [0.2, 0.25) is 0 Å². The van der Waals surface area contributed by atoms with Crippen LogP contribution in [0.3, 0.4) is 0 Å². The van der Waals surface area contributed by atoms with Crippen molar-refractivity contribution < 1.29 is 19.5 Å². The van der Waals surface area contributed by atoms with Crippen LogP contribution in [0.5, 0.6) is 0 Å². The first-order valence-electron chi connectivity index (χ1n) is 7.53. The number of hydrogen-bond donors (Lipinski definition) is 3. The van der Waals surface area contributed by atoms with E-state index in [1.165, 1.54) is 0 Å². The molecule has 0 radical (unpaired) electrons. The molecule has 3 amide bonds. The molecule has 1 heterocycles. The monoisotopic (exact) mass is 299 g/mol. The highest BCUT2D eigenvalue weighted by molar-refractivity contribution is 5.78. The zero-order valence-electron chi connectivity index (χ0n) is 12.6. The number of amides is 3. The minimum atomic E-state index is -0.820. The predicted molar refractivity (Wildman–Crippen MR) is 77.9 cm³/mol. The predicted octanol–water partition coefficient (Wildman–Crippen LogP) is 0.799. The van der Waals surface area contributed by atoms with Gasteiger partial charge < -0.3 is 20.6 Å². The van der Waals surface area contributed by atoms with Crippen molar-refractivity contribution in [2.45, 2.75) is 39.0 Å². The van der Waals surface area contributed by atoms with E-state index in [2.05, 4.69) is 10.6 Å². The van der Waals surface area contributed by atoms with Gasteiger partial charge in [-0.25, -0.2) is 4.79 Å². The molecule has 7 heteroatoms. The fraction of sp³-hybridized carbons (Fsp3) is 0.786. The summed E-state index contributed by atoms with van der Waals surface area (Å²) in [6, 6.07) is -0.313. The molecule has 1 rings (SSSR count). The maximum Gasteiger partial charge on any atom is 0.314 e. The van der Waals surface area contributed by atoms with Crippen LogP contribution in [0.4, 0.5) is 4.79 Å². The standard InChI is InChI=1S/C14H25N3O4/c1-11(13(19)20)5-4-7-15-14(21)16-8-6-12(18)17-9-2-3-10-17/h11H,2-10H2,1H3,(H,19,20)(H2,15,16,21). The lowest BCUT2D eigenvalue weighted by atomic mass is 10.1. The third kappa shape index (κ3) is 6.97. The minimum Gasteiger partial charge on any atom is -0.481 e. The largest absolute Gasteiger partial charge is 0.481 e. The number of rotatable bonds is 8. The number of carboxylic acids is 1. The maximum atomic E-state index is 11.7. The Kier molecular flexibility index (Phi) is 7.56. The summed E-state index contributed by atoms with van der Waals surface area (Å²) >= 11 is 0. The molecule has 120 valence electrons. The highest BCUT2D eigenvalue weighted by Gasteiger charge is 2.17. The Bertz CT molecular complexity index is 367. The smallest absolute Gasteiger partial charge is 0.314 e. The summed E-state index contributed by atoms with van der Waals surface area (Å²) in [5.74, 6) is -1.13. The number of carboxylic acid groups (broad SMARTS) is 1. The van der Waals surface area contributed by atoms with Crippen LogP contribution in [0.15, 0.2) is 0 Å². The van der Waals surface area contributed by atoms with Gasteiger partial charge in [0.2, 0.25) is 5.91 Å². The molecule has 7 nitrogen and oxygen atoms in total. The summed E-state index contributed by atoms with van der Waals surface area (Å²) in [4.78, 5) is 35.6. The number of aliphatic carboxylic acids is 1. The second kappa shape index (κ2) is 9.20. The van der Waals surface area contributed by atoms with Gasteiger partial charge in [0.25, 0.3) is 0 Å². The van der Waals surface area contributed by atoms with Crippen molar-refractivity contribution in [3.63, 3.8) is 0 Å². The number of hydrogen-bond acceptors (Lipinski definition) is 3. The van der Waals surface area contributed by atoms with Gasteiger partial charge in [0.15, 0.2) is 0 Å². The topological polar surface area (TPSA) is 98.7 Å². The summed E-state index contributed by atoms with van der Waals surface area (Å²) in [6.07, 6.45) is 3.60. The Labute approximate surface area is 125 Å². The minimum absolute atomic E-state index is 0.0862. The summed E-state index contributed by atoms with van der Waals surface area (Å²) in [7, 11) is 0. The van der Waals surface area contributed by atoms with Crippen LogP contribution >= 0.6 is 0 Å². The molecule has 1 unspecified atom stereocenters. The van der Waals surface area contributed by atoms with Gasteiger partial charge in [-0.05, 0) is 25.7 Å². The summed E-state index contributed by atoms with van der Waals surface area (Å²) in [5, 5.41) is 14.0. The first-order valence-corrected chi connectivity index (χ1v) is 7.53. The fourth-order valence-corrected chi connectivity index (χ4v) is 2.20. The molecule has 1 fully saturated rings. The summed E-state index contributed by atoms with van der Waals surface area (Å²) in [5.41, 5.74) is 0. The van der Waals surface area contributed by atoms with Gasteiger partial charge >= 0.3 is 12.0 Å². The Morgan fingerprint density at radius 3 is 2.38 bits per heavy atom. The lowest BCUT2D eigenvalue weighted by Crippen LogP contribution is -2.38. The van der Waals surface area contributed by atoms with E-state index in [1.807, 2.05) is 4.90 Å². The first kappa shape index (κ1) is 17.3. The van der Waals surface area contributed by atoms with Crippen molar-refractivity contribution in [1.29, 1.82) is 0 Å². The average molecular weight is 299 g/mol. The normalized spacial score (nSPS) is 15.6. The molecule has 21 heavy (non-hydrogen) atoms. The summed E-state index contributed by atoms with van der Waals surface area (Å²) < 4.78 is 0. The van der Waals surface area contributed by atoms with Gasteiger partial charge in [-0.15, -0.1) is 0 Å². The highest BCUT2D eigenvalue weighted by atomic mass is 16.4. The van der Waals surface area contributed by atoms with Crippen LogP contribution in [0, 0.1) is 5.92 Å². The first-order chi connectivity index (χ1) is 10.0. The van der Waals surface area contributed by atoms with E-state index < -0.39 is 11.9 Å². The Hall–Kier alpha value is -1.79. The van der Waals surface area contributed by atoms with Crippen molar-refractivity contribution in [3.05, 3.63) is 0 Å². The molecule has 0 saturated carbocycles. The highest BCUT2D eigenvalue weighted by Crippen LogP contribution is 2.08. The van der Waals surface area contributed by atoms with E-state index in [-0.39, 0.29) is 11.9 Å². The lowest BCUT2D eigenvalue weighted by molar-refractivity contribution is -0.141. The molecule has 1 aliphatic rings. The zero-order chi connectivity index (χ0) is 15.7. The van der Waals surface area contributed by atoms with E-state index in [4.69, 9.17) is 5.11 Å². The molecule has 0 bridgehead atoms. The number of urea groups is 1. The van der Waals surface area contributed by atoms with Crippen LogP contribution in [-0.2, 0) is 9.59 Å². The van der Waals surface area contributed by atoms with Crippen molar-refractivity contribution in [3.8, 4) is 0 Å². The van der Waals surface area contributed by atoms with Gasteiger partial charge in [0, 0.05) is 32.6 Å². The molecule has 1 aliphatic heterocycles. The summed E-state index contributed by atoms with van der Waals surface area (Å²) in [6.45, 7) is 4.06. The van der Waals surface area contributed by atoms with E-state index in [0.29, 0.717) is 32.4 Å². The number of nitrogens with one attached hydrogen (secondary N) is 2. The molecule has 0 aliphatic carbocycles. The van der Waals surface area contributed by atoms with Crippen molar-refractivity contribution in [2.24, 2.45) is 5.92 Å². The molecule has 1 saturated heterocycles. The van der Waals surface area contributed by atoms with Gasteiger partial charge in [-0.2, -0.15) is 0 Å². The Morgan fingerprint density at radius 2 is 1.76 bits per heavy atom. The van der Waals surface area contributed by atoms with E-state index in [0.717, 1.165) is 25.9 Å². The van der Waals surface area contributed by atoms with E-state index in [9.17, 15) is 14.4 Å². The molecule has 0 aromatic rings. The Morgan fingerprint density at radius 1 is 1.14 bits per heavy atom. The third-order valence-corrected chi connectivity index (χ3v) is 3.60. The molecule has 1 atom stereocenters. The number of carbonyl (C=O) groups excluding carboxylic acids is 2. The second-order valence-electron chi connectivity index (χ2n) is 5.40. The van der Waals surface area contributed by atoms with E-state index in [1.54, 1.807) is 6.92 Å². The van der Waals surface area contributed by atoms with Crippen molar-refractivity contribution >= 4 is 17.9 Å². The van der Waals surface area contributed by atoms with Crippen molar-refractivity contribution in [2.75, 3.05) is 26.2 Å². The SMILES string of the molecule is CC(CCCNC(=O)NCCC(=O)N1CCCC1)C(=O)O. The molecular formula is C14H25N3O4. The Balaban J connectivity index is 2.01. The maximum absolute atomic E-state index is 11.7. The number of likely N-dealkylation sites (tertiary alicyclic amines) is 1. The van der Waals surface area contributed by atoms with Crippen LogP contribution in [0.1, 0.15) is 39.0 Å². The zero-order valence-corrected chi connectivity index (χ0v) is 12.6. The fourth-order valence-electron chi connectivity index (χ4n) is 2.20. The molecule has 0 spiro atoms. The van der Waals surface area contributed by atoms with Gasteiger partial charge in [0.05, 0.1) is 5.92 Å². The third-order valence-electron chi connectivity index (χ3n) is 3.60. The van der Waals surface area contributed by atoms with Gasteiger partial charge in [0.1, 0.15) is 0 Å². The van der Waals surface area contributed by atoms with E-state index >= 15 is 0 Å².